The zero-order valence-electron chi connectivity index (χ0n) is 11.2. The maximum Gasteiger partial charge on any atom is 0.316 e. The van der Waals surface area contributed by atoms with E-state index < -0.39 is 28.3 Å². The molecule has 0 aromatic heterocycles. The van der Waals surface area contributed by atoms with E-state index >= 15 is 0 Å². The quantitative estimate of drug-likeness (QED) is 0.652. The highest BCUT2D eigenvalue weighted by Crippen LogP contribution is 2.49. The Hall–Kier alpha value is -2.15. The van der Waals surface area contributed by atoms with Crippen molar-refractivity contribution in [3.05, 3.63) is 30.3 Å². The van der Waals surface area contributed by atoms with Crippen molar-refractivity contribution in [3.8, 4) is 0 Å². The summed E-state index contributed by atoms with van der Waals surface area (Å²) in [7, 11) is 1.23. The number of carbonyl (C=O) groups excluding carboxylic acids is 3. The average Bonchev–Trinajstić information content (AvgIpc) is 2.83. The molecule has 2 atom stereocenters. The second-order valence-electron chi connectivity index (χ2n) is 4.78. The Morgan fingerprint density at radius 1 is 1.38 bits per heavy atom. The Kier molecular flexibility index (Phi) is 3.29. The third-order valence-corrected chi connectivity index (χ3v) is 4.83. The van der Waals surface area contributed by atoms with Gasteiger partial charge >= 0.3 is 5.97 Å². The number of amidine groups is 1. The molecule has 6 nitrogen and oxygen atoms in total. The molecule has 1 spiro atoms. The van der Waals surface area contributed by atoms with E-state index in [1.54, 1.807) is 12.1 Å². The van der Waals surface area contributed by atoms with Gasteiger partial charge in [0.15, 0.2) is 15.7 Å². The van der Waals surface area contributed by atoms with Gasteiger partial charge in [0.2, 0.25) is 5.91 Å². The minimum absolute atomic E-state index is 0.156. The molecule has 1 aliphatic heterocycles. The molecule has 0 bridgehead atoms. The molecule has 1 N–H and O–H groups in total. The lowest BCUT2D eigenvalue weighted by Crippen LogP contribution is -2.59. The van der Waals surface area contributed by atoms with Gasteiger partial charge in [-0.15, -0.1) is 0 Å². The molecular weight excluding hydrogens is 292 g/mol. The molecule has 21 heavy (non-hydrogen) atoms. The third-order valence-electron chi connectivity index (χ3n) is 3.54. The number of nitrogens with zero attached hydrogens (tertiary/aromatic N) is 1. The lowest BCUT2D eigenvalue weighted by Gasteiger charge is -2.37. The second kappa shape index (κ2) is 5.00. The second-order valence-corrected chi connectivity index (χ2v) is 6.07. The van der Waals surface area contributed by atoms with Crippen LogP contribution in [0.15, 0.2) is 35.3 Å². The van der Waals surface area contributed by atoms with Gasteiger partial charge in [-0.2, -0.15) is 0 Å². The first-order valence-corrected chi connectivity index (χ1v) is 7.15. The van der Waals surface area contributed by atoms with Crippen LogP contribution in [-0.4, -0.2) is 34.7 Å². The number of aliphatic imine (C=N–C) groups is 1. The van der Waals surface area contributed by atoms with Crippen molar-refractivity contribution in [2.75, 3.05) is 7.11 Å². The molecule has 1 amide bonds. The van der Waals surface area contributed by atoms with Crippen molar-refractivity contribution in [1.29, 1.82) is 0 Å². The summed E-state index contributed by atoms with van der Waals surface area (Å²) in [5, 5.41) is 2.98. The first-order chi connectivity index (χ1) is 10.1. The van der Waals surface area contributed by atoms with Gasteiger partial charge in [0.1, 0.15) is 5.92 Å². The summed E-state index contributed by atoms with van der Waals surface area (Å²) in [4.78, 5) is 39.9. The van der Waals surface area contributed by atoms with E-state index in [0.717, 1.165) is 11.8 Å². The van der Waals surface area contributed by atoms with Crippen LogP contribution in [0.2, 0.25) is 0 Å². The van der Waals surface area contributed by atoms with E-state index in [-0.39, 0.29) is 6.42 Å². The van der Waals surface area contributed by atoms with Gasteiger partial charge in [0, 0.05) is 0 Å². The normalized spacial score (nSPS) is 29.4. The number of Topliss-reactive ketones (excluding diaryl/α,β-unsaturated/α-hetero) is 1. The monoisotopic (exact) mass is 304 g/mol. The molecule has 1 saturated heterocycles. The van der Waals surface area contributed by atoms with Gasteiger partial charge < -0.3 is 10.1 Å². The van der Waals surface area contributed by atoms with Crippen LogP contribution in [0, 0.1) is 5.92 Å². The minimum Gasteiger partial charge on any atom is -0.468 e. The largest absolute Gasteiger partial charge is 0.468 e. The van der Waals surface area contributed by atoms with Gasteiger partial charge in [-0.25, -0.2) is 4.99 Å². The van der Waals surface area contributed by atoms with Crippen LogP contribution in [0.5, 0.6) is 0 Å². The summed E-state index contributed by atoms with van der Waals surface area (Å²) in [6.45, 7) is 0. The highest BCUT2D eigenvalue weighted by molar-refractivity contribution is 8.17. The predicted molar refractivity (Wildman–Crippen MR) is 77.1 cm³/mol. The average molecular weight is 304 g/mol. The number of para-hydroxylation sites is 1. The van der Waals surface area contributed by atoms with E-state index in [4.69, 9.17) is 0 Å². The van der Waals surface area contributed by atoms with Gasteiger partial charge in [0.05, 0.1) is 12.8 Å². The number of nitrogens with one attached hydrogen (secondary N) is 1. The highest BCUT2D eigenvalue weighted by atomic mass is 32.2. The number of hydrogen-bond donors (Lipinski definition) is 1. The van der Waals surface area contributed by atoms with Gasteiger partial charge in [-0.05, 0) is 18.6 Å². The number of benzene rings is 1. The molecule has 2 fully saturated rings. The summed E-state index contributed by atoms with van der Waals surface area (Å²) in [6, 6.07) is 9.12. The topological polar surface area (TPSA) is 84.8 Å². The van der Waals surface area contributed by atoms with E-state index in [9.17, 15) is 14.4 Å². The molecule has 7 heteroatoms. The molecule has 2 unspecified atom stereocenters. The number of ketones is 1. The van der Waals surface area contributed by atoms with E-state index in [1.165, 1.54) is 7.11 Å². The SMILES string of the molecule is COC(=O)C1CC2(SC(=Nc3ccccc3)NC2=O)C1=O. The van der Waals surface area contributed by atoms with Gasteiger partial charge in [-0.3, -0.25) is 14.4 Å². The fraction of sp³-hybridized carbons (Fsp3) is 0.286. The van der Waals surface area contributed by atoms with Crippen molar-refractivity contribution < 1.29 is 19.1 Å². The summed E-state index contributed by atoms with van der Waals surface area (Å²) in [6.07, 6.45) is 0.156. The molecule has 108 valence electrons. The Labute approximate surface area is 125 Å². The van der Waals surface area contributed by atoms with Crippen molar-refractivity contribution in [3.63, 3.8) is 0 Å². The van der Waals surface area contributed by atoms with Crippen LogP contribution < -0.4 is 5.32 Å². The molecule has 1 aromatic rings. The Balaban J connectivity index is 1.79. The Morgan fingerprint density at radius 3 is 2.71 bits per heavy atom. The summed E-state index contributed by atoms with van der Waals surface area (Å²) in [5.41, 5.74) is 0.689. The van der Waals surface area contributed by atoms with Crippen LogP contribution in [-0.2, 0) is 19.1 Å². The smallest absolute Gasteiger partial charge is 0.316 e. The first-order valence-electron chi connectivity index (χ1n) is 6.33. The maximum atomic E-state index is 12.2. The fourth-order valence-corrected chi connectivity index (χ4v) is 3.63. The van der Waals surface area contributed by atoms with Gasteiger partial charge in [0.25, 0.3) is 0 Å². The molecule has 1 aromatic carbocycles. The molecule has 1 saturated carbocycles. The van der Waals surface area contributed by atoms with E-state index in [1.807, 2.05) is 18.2 Å². The van der Waals surface area contributed by atoms with Crippen LogP contribution >= 0.6 is 11.8 Å². The van der Waals surface area contributed by atoms with Crippen molar-refractivity contribution in [1.82, 2.24) is 5.32 Å². The van der Waals surface area contributed by atoms with Crippen LogP contribution in [0.25, 0.3) is 0 Å². The standard InChI is InChI=1S/C14H12N2O4S/c1-20-11(18)9-7-14(10(9)17)12(19)16-13(21-14)15-8-5-3-2-4-6-8/h2-6,9H,7H2,1H3,(H,15,16,19). The molecule has 1 aliphatic carbocycles. The number of amides is 1. The van der Waals surface area contributed by atoms with Gasteiger partial charge in [-0.1, -0.05) is 30.0 Å². The van der Waals surface area contributed by atoms with Crippen molar-refractivity contribution in [2.24, 2.45) is 10.9 Å². The number of rotatable bonds is 2. The zero-order chi connectivity index (χ0) is 15.0. The number of esters is 1. The molecular formula is C14H12N2O4S. The third kappa shape index (κ3) is 2.13. The fourth-order valence-electron chi connectivity index (χ4n) is 2.37. The lowest BCUT2D eigenvalue weighted by molar-refractivity contribution is -0.157. The van der Waals surface area contributed by atoms with Crippen LogP contribution in [0.1, 0.15) is 6.42 Å². The van der Waals surface area contributed by atoms with Crippen molar-refractivity contribution >= 4 is 40.3 Å². The number of ether oxygens (including phenoxy) is 1. The summed E-state index contributed by atoms with van der Waals surface area (Å²) in [5.74, 6) is -2.25. The number of hydrogen-bond acceptors (Lipinski definition) is 6. The maximum absolute atomic E-state index is 12.2. The lowest BCUT2D eigenvalue weighted by atomic mass is 9.72. The zero-order valence-corrected chi connectivity index (χ0v) is 12.0. The van der Waals surface area contributed by atoms with Crippen LogP contribution in [0.4, 0.5) is 5.69 Å². The van der Waals surface area contributed by atoms with E-state index in [0.29, 0.717) is 10.9 Å². The highest BCUT2D eigenvalue weighted by Gasteiger charge is 2.65. The minimum atomic E-state index is -1.22. The number of carbonyl (C=O) groups is 3. The molecule has 3 rings (SSSR count). The Bertz CT molecular complexity index is 658. The predicted octanol–water partition coefficient (Wildman–Crippen LogP) is 1.04. The Morgan fingerprint density at radius 2 is 2.10 bits per heavy atom. The van der Waals surface area contributed by atoms with Crippen LogP contribution in [0.3, 0.4) is 0 Å². The van der Waals surface area contributed by atoms with Crippen molar-refractivity contribution in [2.45, 2.75) is 11.2 Å². The number of thioether (sulfide) groups is 1. The molecule has 0 radical (unpaired) electrons. The van der Waals surface area contributed by atoms with E-state index in [2.05, 4.69) is 15.0 Å². The summed E-state index contributed by atoms with van der Waals surface area (Å²) < 4.78 is 3.34. The molecule has 2 aliphatic rings. The first kappa shape index (κ1) is 13.8. The summed E-state index contributed by atoms with van der Waals surface area (Å²) >= 11 is 1.07. The molecule has 1 heterocycles. The number of methoxy groups -OCH3 is 1.